The highest BCUT2D eigenvalue weighted by Gasteiger charge is 2.16. The molecule has 1 amide bonds. The van der Waals surface area contributed by atoms with Crippen LogP contribution >= 0.6 is 35.8 Å². The molecule has 0 atom stereocenters. The van der Waals surface area contributed by atoms with E-state index >= 15 is 0 Å². The summed E-state index contributed by atoms with van der Waals surface area (Å²) in [6, 6.07) is 7.69. The van der Waals surface area contributed by atoms with E-state index < -0.39 is 0 Å². The summed E-state index contributed by atoms with van der Waals surface area (Å²) < 4.78 is 0. The van der Waals surface area contributed by atoms with E-state index in [0.717, 1.165) is 35.3 Å². The molecule has 0 saturated carbocycles. The van der Waals surface area contributed by atoms with Gasteiger partial charge >= 0.3 is 0 Å². The Morgan fingerprint density at radius 2 is 2.05 bits per heavy atom. The third-order valence-electron chi connectivity index (χ3n) is 2.87. The molecule has 1 heterocycles. The Hall–Kier alpha value is -0.420. The minimum atomic E-state index is 0. The van der Waals surface area contributed by atoms with Crippen LogP contribution in [0.25, 0.3) is 0 Å². The zero-order valence-electron chi connectivity index (χ0n) is 10.5. The number of halogens is 2. The molecule has 1 aliphatic rings. The fourth-order valence-electron chi connectivity index (χ4n) is 1.63. The van der Waals surface area contributed by atoms with E-state index in [4.69, 9.17) is 11.6 Å². The lowest BCUT2D eigenvalue weighted by molar-refractivity contribution is -0.120. The van der Waals surface area contributed by atoms with Gasteiger partial charge in [-0.15, -0.1) is 24.2 Å². The second kappa shape index (κ2) is 8.69. The van der Waals surface area contributed by atoms with Crippen LogP contribution in [0, 0.1) is 5.92 Å². The van der Waals surface area contributed by atoms with Gasteiger partial charge in [0.05, 0.1) is 0 Å². The Kier molecular flexibility index (Phi) is 7.61. The van der Waals surface area contributed by atoms with Crippen molar-refractivity contribution < 1.29 is 4.79 Å². The number of rotatable bonds is 6. The Bertz CT molecular complexity index is 396. The first-order valence-corrected chi connectivity index (χ1v) is 7.46. The second-order valence-electron chi connectivity index (χ2n) is 4.38. The molecule has 3 nitrogen and oxygen atoms in total. The third-order valence-corrected chi connectivity index (χ3v) is 4.13. The van der Waals surface area contributed by atoms with Crippen molar-refractivity contribution in [3.8, 4) is 0 Å². The molecule has 1 aliphatic heterocycles. The molecule has 0 aliphatic carbocycles. The maximum absolute atomic E-state index is 11.6. The van der Waals surface area contributed by atoms with Crippen LogP contribution in [-0.4, -0.2) is 31.3 Å². The van der Waals surface area contributed by atoms with Gasteiger partial charge in [0.2, 0.25) is 5.91 Å². The lowest BCUT2D eigenvalue weighted by Crippen LogP contribution is -2.48. The summed E-state index contributed by atoms with van der Waals surface area (Å²) in [5.41, 5.74) is 0. The van der Waals surface area contributed by atoms with Crippen molar-refractivity contribution in [3.05, 3.63) is 29.3 Å². The summed E-state index contributed by atoms with van der Waals surface area (Å²) in [5, 5.41) is 6.90. The van der Waals surface area contributed by atoms with Gasteiger partial charge in [-0.1, -0.05) is 11.6 Å². The Morgan fingerprint density at radius 1 is 1.37 bits per heavy atom. The number of hydrogen-bond donors (Lipinski definition) is 2. The second-order valence-corrected chi connectivity index (χ2v) is 5.99. The Balaban J connectivity index is 0.00000180. The average molecular weight is 321 g/mol. The zero-order chi connectivity index (χ0) is 12.8. The summed E-state index contributed by atoms with van der Waals surface area (Å²) in [4.78, 5) is 12.7. The molecule has 1 saturated heterocycles. The van der Waals surface area contributed by atoms with Crippen LogP contribution in [0.15, 0.2) is 29.2 Å². The topological polar surface area (TPSA) is 41.1 Å². The molecular weight excluding hydrogens is 303 g/mol. The van der Waals surface area contributed by atoms with Gasteiger partial charge in [-0.3, -0.25) is 4.79 Å². The van der Waals surface area contributed by atoms with E-state index in [2.05, 4.69) is 10.6 Å². The van der Waals surface area contributed by atoms with E-state index in [1.807, 2.05) is 24.3 Å². The number of amides is 1. The number of carbonyl (C=O) groups is 1. The molecular formula is C13H18Cl2N2OS. The summed E-state index contributed by atoms with van der Waals surface area (Å²) in [7, 11) is 0. The minimum Gasteiger partial charge on any atom is -0.356 e. The number of nitrogens with one attached hydrogen (secondary N) is 2. The van der Waals surface area contributed by atoms with E-state index in [-0.39, 0.29) is 18.3 Å². The number of thioether (sulfide) groups is 1. The molecule has 1 aromatic carbocycles. The molecule has 0 aromatic heterocycles. The highest BCUT2D eigenvalue weighted by atomic mass is 35.5. The first kappa shape index (κ1) is 16.6. The summed E-state index contributed by atoms with van der Waals surface area (Å²) in [6.07, 6.45) is 0.563. The highest BCUT2D eigenvalue weighted by molar-refractivity contribution is 7.99. The molecule has 1 aromatic rings. The van der Waals surface area contributed by atoms with Gasteiger partial charge in [0.1, 0.15) is 0 Å². The first-order valence-electron chi connectivity index (χ1n) is 6.10. The van der Waals surface area contributed by atoms with E-state index in [0.29, 0.717) is 12.3 Å². The Labute approximate surface area is 129 Å². The van der Waals surface area contributed by atoms with Gasteiger partial charge in [-0.05, 0) is 24.3 Å². The van der Waals surface area contributed by atoms with Crippen molar-refractivity contribution in [2.24, 2.45) is 5.92 Å². The van der Waals surface area contributed by atoms with Gasteiger partial charge in [-0.25, -0.2) is 0 Å². The maximum Gasteiger partial charge on any atom is 0.220 e. The smallest absolute Gasteiger partial charge is 0.220 e. The summed E-state index contributed by atoms with van der Waals surface area (Å²) in [5.74, 6) is 1.57. The van der Waals surface area contributed by atoms with E-state index in [1.54, 1.807) is 11.8 Å². The maximum atomic E-state index is 11.6. The van der Waals surface area contributed by atoms with Crippen LogP contribution in [0.4, 0.5) is 0 Å². The quantitative estimate of drug-likeness (QED) is 0.791. The molecule has 19 heavy (non-hydrogen) atoms. The SMILES string of the molecule is Cl.O=C(CCSc1ccc(Cl)cc1)NCC1CNC1. The highest BCUT2D eigenvalue weighted by Crippen LogP contribution is 2.20. The van der Waals surface area contributed by atoms with Crippen LogP contribution in [-0.2, 0) is 4.79 Å². The molecule has 2 rings (SSSR count). The van der Waals surface area contributed by atoms with Crippen molar-refractivity contribution in [2.75, 3.05) is 25.4 Å². The van der Waals surface area contributed by atoms with Gasteiger partial charge in [0.25, 0.3) is 0 Å². The number of hydrogen-bond acceptors (Lipinski definition) is 3. The van der Waals surface area contributed by atoms with Gasteiger partial charge in [0.15, 0.2) is 0 Å². The van der Waals surface area contributed by atoms with Crippen molar-refractivity contribution in [3.63, 3.8) is 0 Å². The van der Waals surface area contributed by atoms with Gasteiger partial charge in [0, 0.05) is 47.6 Å². The van der Waals surface area contributed by atoms with E-state index in [9.17, 15) is 4.79 Å². The molecule has 1 fully saturated rings. The molecule has 6 heteroatoms. The monoisotopic (exact) mass is 320 g/mol. The van der Waals surface area contributed by atoms with Crippen molar-refractivity contribution >= 4 is 41.7 Å². The number of carbonyl (C=O) groups excluding carboxylic acids is 1. The lowest BCUT2D eigenvalue weighted by atomic mass is 10.0. The predicted molar refractivity (Wildman–Crippen MR) is 83.4 cm³/mol. The van der Waals surface area contributed by atoms with Crippen LogP contribution in [0.5, 0.6) is 0 Å². The fourth-order valence-corrected chi connectivity index (χ4v) is 2.61. The summed E-state index contributed by atoms with van der Waals surface area (Å²) >= 11 is 7.49. The molecule has 0 radical (unpaired) electrons. The first-order chi connectivity index (χ1) is 8.74. The molecule has 2 N–H and O–H groups in total. The van der Waals surface area contributed by atoms with Crippen LogP contribution in [0.2, 0.25) is 5.02 Å². The largest absolute Gasteiger partial charge is 0.356 e. The zero-order valence-corrected chi connectivity index (χ0v) is 12.9. The summed E-state index contributed by atoms with van der Waals surface area (Å²) in [6.45, 7) is 2.86. The number of benzene rings is 1. The van der Waals surface area contributed by atoms with Gasteiger partial charge < -0.3 is 10.6 Å². The van der Waals surface area contributed by atoms with Gasteiger partial charge in [-0.2, -0.15) is 0 Å². The third kappa shape index (κ3) is 6.04. The normalized spacial score (nSPS) is 14.4. The predicted octanol–water partition coefficient (Wildman–Crippen LogP) is 2.58. The Morgan fingerprint density at radius 3 is 2.63 bits per heavy atom. The van der Waals surface area contributed by atoms with Crippen molar-refractivity contribution in [2.45, 2.75) is 11.3 Å². The average Bonchev–Trinajstić information content (AvgIpc) is 2.30. The van der Waals surface area contributed by atoms with Crippen molar-refractivity contribution in [1.82, 2.24) is 10.6 Å². The van der Waals surface area contributed by atoms with Crippen molar-refractivity contribution in [1.29, 1.82) is 0 Å². The molecule has 0 bridgehead atoms. The molecule has 106 valence electrons. The minimum absolute atomic E-state index is 0. The fraction of sp³-hybridized carbons (Fsp3) is 0.462. The van der Waals surface area contributed by atoms with Crippen LogP contribution < -0.4 is 10.6 Å². The van der Waals surface area contributed by atoms with Crippen LogP contribution in [0.3, 0.4) is 0 Å². The molecule has 0 unspecified atom stereocenters. The van der Waals surface area contributed by atoms with E-state index in [1.165, 1.54) is 0 Å². The molecule has 0 spiro atoms. The lowest BCUT2D eigenvalue weighted by Gasteiger charge is -2.27. The van der Waals surface area contributed by atoms with Crippen LogP contribution in [0.1, 0.15) is 6.42 Å². The standard InChI is InChI=1S/C13H17ClN2OS.ClH/c14-11-1-3-12(4-2-11)18-6-5-13(17)16-9-10-7-15-8-10;/h1-4,10,15H,5-9H2,(H,16,17);1H.